The largest absolute Gasteiger partial charge is 0.390 e. The van der Waals surface area contributed by atoms with Gasteiger partial charge in [-0.2, -0.15) is 0 Å². The quantitative estimate of drug-likeness (QED) is 0.138. The van der Waals surface area contributed by atoms with Crippen LogP contribution in [0.4, 0.5) is 0 Å². The van der Waals surface area contributed by atoms with E-state index in [1.165, 1.54) is 68.9 Å². The molecule has 7 nitrogen and oxygen atoms in total. The van der Waals surface area contributed by atoms with E-state index < -0.39 is 22.4 Å². The number of rotatable bonds is 10. The van der Waals surface area contributed by atoms with Gasteiger partial charge >= 0.3 is 0 Å². The van der Waals surface area contributed by atoms with Crippen molar-refractivity contribution in [2.75, 3.05) is 13.2 Å². The van der Waals surface area contributed by atoms with Gasteiger partial charge in [0.05, 0.1) is 28.5 Å². The number of ether oxygens (including phenoxy) is 1. The Morgan fingerprint density at radius 2 is 1.10 bits per heavy atom. The monoisotopic (exact) mass is 935 g/mol. The highest BCUT2D eigenvalue weighted by Crippen LogP contribution is 2.69. The first-order valence-corrected chi connectivity index (χ1v) is 28.3. The fraction of sp³-hybridized carbons (Fsp3) is 0.917. The van der Waals surface area contributed by atoms with Gasteiger partial charge in [0.1, 0.15) is 0 Å². The Morgan fingerprint density at radius 3 is 1.58 bits per heavy atom. The smallest absolute Gasteiger partial charge is 0.159 e. The van der Waals surface area contributed by atoms with Crippen LogP contribution >= 0.6 is 0 Å². The van der Waals surface area contributed by atoms with Crippen molar-refractivity contribution in [3.05, 3.63) is 23.3 Å². The highest BCUT2D eigenvalue weighted by atomic mass is 16.5. The van der Waals surface area contributed by atoms with Crippen molar-refractivity contribution in [3.63, 3.8) is 0 Å². The maximum Gasteiger partial charge on any atom is 0.159 e. The summed E-state index contributed by atoms with van der Waals surface area (Å²) < 4.78 is 4.94. The summed E-state index contributed by atoms with van der Waals surface area (Å²) in [6, 6.07) is 0. The Kier molecular flexibility index (Phi) is 15.8. The second kappa shape index (κ2) is 19.7. The molecule has 0 aromatic rings. The van der Waals surface area contributed by atoms with Crippen LogP contribution in [0.5, 0.6) is 0 Å². The van der Waals surface area contributed by atoms with Gasteiger partial charge in [-0.3, -0.25) is 4.79 Å². The van der Waals surface area contributed by atoms with Crippen LogP contribution in [-0.4, -0.2) is 73.0 Å². The van der Waals surface area contributed by atoms with Crippen molar-refractivity contribution in [2.24, 2.45) is 80.8 Å². The number of carbonyl (C=O) groups excluding carboxylic acids is 1. The fourth-order valence-electron chi connectivity index (χ4n) is 17.8. The minimum Gasteiger partial charge on any atom is -0.390 e. The van der Waals surface area contributed by atoms with Crippen molar-refractivity contribution < 1.29 is 35.1 Å². The van der Waals surface area contributed by atoms with E-state index in [1.54, 1.807) is 0 Å². The fourth-order valence-corrected chi connectivity index (χ4v) is 17.8. The van der Waals surface area contributed by atoms with Crippen LogP contribution in [0.15, 0.2) is 23.3 Å². The van der Waals surface area contributed by atoms with Crippen molar-refractivity contribution in [1.29, 1.82) is 0 Å². The molecule has 0 radical (unpaired) electrons. The molecule has 0 aromatic carbocycles. The molecular weight excluding hydrogens is 833 g/mol. The van der Waals surface area contributed by atoms with Gasteiger partial charge in [-0.05, 0) is 250 Å². The third-order valence-electron chi connectivity index (χ3n) is 22.5. The lowest BCUT2D eigenvalue weighted by molar-refractivity contribution is -0.136. The normalized spacial score (nSPS) is 45.5. The highest BCUT2D eigenvalue weighted by Gasteiger charge is 2.64. The Morgan fingerprint density at radius 1 is 0.642 bits per heavy atom. The molecule has 6 saturated carbocycles. The number of hydrogen-bond donors (Lipinski definition) is 5. The molecule has 9 rings (SSSR count). The van der Waals surface area contributed by atoms with Gasteiger partial charge in [-0.15, -0.1) is 0 Å². The predicted octanol–water partition coefficient (Wildman–Crippen LogP) is 12.7. The van der Waals surface area contributed by atoms with E-state index in [2.05, 4.69) is 61.5 Å². The number of aliphatic hydroxyl groups is 5. The maximum absolute atomic E-state index is 13.6. The van der Waals surface area contributed by atoms with Crippen LogP contribution < -0.4 is 0 Å². The number of aliphatic hydroxyl groups excluding tert-OH is 1. The molecule has 1 heterocycles. The number of carbonyl (C=O) groups is 1. The first-order chi connectivity index (χ1) is 31.2. The minimum absolute atomic E-state index is 0.0892. The van der Waals surface area contributed by atoms with Gasteiger partial charge < -0.3 is 30.3 Å². The van der Waals surface area contributed by atoms with Crippen LogP contribution in [-0.2, 0) is 9.53 Å². The third kappa shape index (κ3) is 10.6. The molecule has 1 saturated heterocycles. The first-order valence-electron chi connectivity index (χ1n) is 28.3. The Labute approximate surface area is 409 Å². The van der Waals surface area contributed by atoms with Gasteiger partial charge in [0.2, 0.25) is 0 Å². The zero-order valence-electron chi connectivity index (χ0n) is 45.0. The summed E-state index contributed by atoms with van der Waals surface area (Å²) >= 11 is 0. The summed E-state index contributed by atoms with van der Waals surface area (Å²) in [6.45, 7) is 28.5. The average Bonchev–Trinajstić information content (AvgIpc) is 4.04. The van der Waals surface area contributed by atoms with Crippen LogP contribution in [0, 0.1) is 80.8 Å². The molecule has 0 spiro atoms. The molecule has 5 N–H and O–H groups in total. The van der Waals surface area contributed by atoms with E-state index in [4.69, 9.17) is 4.74 Å². The summed E-state index contributed by atoms with van der Waals surface area (Å²) in [4.78, 5) is 13.6. The van der Waals surface area contributed by atoms with E-state index in [1.807, 2.05) is 33.8 Å². The first kappa shape index (κ1) is 53.7. The zero-order chi connectivity index (χ0) is 49.2. The van der Waals surface area contributed by atoms with E-state index in [0.29, 0.717) is 70.9 Å². The van der Waals surface area contributed by atoms with Crippen LogP contribution in [0.3, 0.4) is 0 Å². The lowest BCUT2D eigenvalue weighted by Crippen LogP contribution is -2.56. The van der Waals surface area contributed by atoms with Crippen molar-refractivity contribution in [1.82, 2.24) is 0 Å². The summed E-state index contributed by atoms with van der Waals surface area (Å²) in [5.41, 5.74) is 1.01. The number of ketones is 1. The molecule has 0 unspecified atom stereocenters. The second-order valence-electron chi connectivity index (χ2n) is 27.6. The summed E-state index contributed by atoms with van der Waals surface area (Å²) in [7, 11) is 0. The minimum atomic E-state index is -0.615. The molecule has 1 aliphatic heterocycles. The Bertz CT molecular complexity index is 1780. The molecular formula is C60H102O7. The van der Waals surface area contributed by atoms with E-state index >= 15 is 0 Å². The summed E-state index contributed by atoms with van der Waals surface area (Å²) in [5, 5.41) is 53.8. The van der Waals surface area contributed by atoms with Gasteiger partial charge in [0, 0.05) is 19.1 Å². The average molecular weight is 935 g/mol. The van der Waals surface area contributed by atoms with Crippen LogP contribution in [0.2, 0.25) is 0 Å². The molecule has 8 aliphatic carbocycles. The molecule has 67 heavy (non-hydrogen) atoms. The van der Waals surface area contributed by atoms with Crippen LogP contribution in [0.25, 0.3) is 0 Å². The SMILES string of the molecule is C1CCOC1.CC[C@]1(O)CC[C@@]2(C)C(=CC(=O)[C@H]3[C@@H]4CC[C@H]([C@H](C)CCC(C)(C)O)[C@@]4(C)CC[C@@H]32)C1.CC[C@]1(O)CC[C@@]2(C)C(=C[C@@H](O)[C@H]3[C@@H]4CC[C@H]([C@H](C)CCC(C)(C)O)[C@@]4(C)CC[C@@H]32)C1. The lowest BCUT2D eigenvalue weighted by Gasteiger charge is -2.60. The van der Waals surface area contributed by atoms with Gasteiger partial charge in [-0.25, -0.2) is 0 Å². The van der Waals surface area contributed by atoms with E-state index in [0.717, 1.165) is 90.3 Å². The molecule has 384 valence electrons. The third-order valence-corrected chi connectivity index (χ3v) is 22.5. The molecule has 9 aliphatic rings. The van der Waals surface area contributed by atoms with E-state index in [9.17, 15) is 30.3 Å². The standard InChI is InChI=1S/C28H48O3.C28H46O3.C4H8O/c2*1-7-28(31)15-14-26(5)19(17-28)16-23(29)24-21-9-8-20(18(2)10-12-25(3,4)30)27(21,6)13-11-22(24)26;1-2-4-5-3-1/h16,18,20-24,29-31H,7-15,17H2,1-6H3;16,18,20-22,24,30-31H,7-15,17H2,1-6H3;1-4H2/t18-,20-,21+,22+,23-,24+,26+,27-,28+;18-,20-,21+,22+,24+,26+,27-,28+;/m11./s1. The Hall–Kier alpha value is -1.09. The van der Waals surface area contributed by atoms with E-state index in [-0.39, 0.29) is 28.3 Å². The molecule has 7 heteroatoms. The predicted molar refractivity (Wildman–Crippen MR) is 272 cm³/mol. The maximum atomic E-state index is 13.6. The summed E-state index contributed by atoms with van der Waals surface area (Å²) in [6.07, 6.45) is 26.9. The van der Waals surface area contributed by atoms with Gasteiger partial charge in [-0.1, -0.05) is 72.6 Å². The molecule has 17 atom stereocenters. The molecule has 7 fully saturated rings. The molecule has 0 bridgehead atoms. The van der Waals surface area contributed by atoms with Crippen molar-refractivity contribution in [3.8, 4) is 0 Å². The van der Waals surface area contributed by atoms with Crippen molar-refractivity contribution >= 4 is 5.78 Å². The molecule has 0 aromatic heterocycles. The zero-order valence-corrected chi connectivity index (χ0v) is 45.0. The lowest BCUT2D eigenvalue weighted by atomic mass is 9.45. The number of fused-ring (bicyclic) bond motifs is 10. The summed E-state index contributed by atoms with van der Waals surface area (Å²) in [5.74, 6) is 5.55. The van der Waals surface area contributed by atoms with Crippen molar-refractivity contribution in [2.45, 2.75) is 253 Å². The molecule has 0 amide bonds. The second-order valence-corrected chi connectivity index (χ2v) is 27.6. The van der Waals surface area contributed by atoms with Crippen LogP contribution in [0.1, 0.15) is 224 Å². The number of hydrogen-bond acceptors (Lipinski definition) is 7. The van der Waals surface area contributed by atoms with Gasteiger partial charge in [0.25, 0.3) is 0 Å². The topological polar surface area (TPSA) is 127 Å². The van der Waals surface area contributed by atoms with Gasteiger partial charge in [0.15, 0.2) is 5.78 Å². The Balaban J connectivity index is 0.000000180. The highest BCUT2D eigenvalue weighted by molar-refractivity contribution is 5.94. The number of allylic oxidation sites excluding steroid dienone is 1.